The Balaban J connectivity index is 3.14. The monoisotopic (exact) mass is 116 g/mol. The van der Waals surface area contributed by atoms with E-state index in [-0.39, 0.29) is 0 Å². The van der Waals surface area contributed by atoms with Crippen molar-refractivity contribution in [3.63, 3.8) is 0 Å². The first kappa shape index (κ1) is 7.49. The maximum Gasteiger partial charge on any atom is 0.410 e. The summed E-state index contributed by atoms with van der Waals surface area (Å²) in [5.41, 5.74) is 0. The minimum Gasteiger partial charge on any atom is -0.504 e. The summed E-state index contributed by atoms with van der Waals surface area (Å²) >= 11 is 0.871. The number of hydrogen-bond acceptors (Lipinski definition) is 1. The number of hydrogen-bond donors (Lipinski definition) is 0. The van der Waals surface area contributed by atoms with Gasteiger partial charge in [-0.25, -0.2) is 0 Å². The van der Waals surface area contributed by atoms with E-state index in [9.17, 15) is 0 Å². The standard InChI is InChI=1S/C5H11O.Al.2H/c1-4(2)5(3)6;;;/h4-5H,1-3H3;;;/q-1;+1;;. The van der Waals surface area contributed by atoms with E-state index < -0.39 is 0 Å². The molecular formula is C5H13AlO. The van der Waals surface area contributed by atoms with Gasteiger partial charge in [0.1, 0.15) is 0 Å². The van der Waals surface area contributed by atoms with Gasteiger partial charge in [0.15, 0.2) is 0 Å². The summed E-state index contributed by atoms with van der Waals surface area (Å²) in [6.07, 6.45) is 0.465. The Morgan fingerprint density at radius 1 is 1.29 bits per heavy atom. The van der Waals surface area contributed by atoms with Crippen LogP contribution in [-0.4, -0.2) is 22.7 Å². The van der Waals surface area contributed by atoms with Crippen LogP contribution in [0.3, 0.4) is 0 Å². The predicted molar refractivity (Wildman–Crippen MR) is 33.9 cm³/mol. The van der Waals surface area contributed by atoms with E-state index in [4.69, 9.17) is 3.79 Å². The zero-order valence-corrected chi connectivity index (χ0v) is 7.56. The molecule has 0 aromatic rings. The molecule has 0 radical (unpaired) electrons. The Hall–Kier alpha value is 0.492. The first-order valence-electron chi connectivity index (χ1n) is 2.71. The van der Waals surface area contributed by atoms with Crippen LogP contribution < -0.4 is 0 Å². The van der Waals surface area contributed by atoms with Crippen molar-refractivity contribution in [1.82, 2.24) is 0 Å². The van der Waals surface area contributed by atoms with Gasteiger partial charge >= 0.3 is 16.6 Å². The summed E-state index contributed by atoms with van der Waals surface area (Å²) in [5, 5.41) is 0. The van der Waals surface area contributed by atoms with E-state index in [0.717, 1.165) is 16.6 Å². The minimum absolute atomic E-state index is 0.465. The van der Waals surface area contributed by atoms with Gasteiger partial charge in [-0.2, -0.15) is 0 Å². The van der Waals surface area contributed by atoms with Crippen LogP contribution >= 0.6 is 0 Å². The van der Waals surface area contributed by atoms with Crippen molar-refractivity contribution >= 4 is 16.6 Å². The third-order valence-corrected chi connectivity index (χ3v) is 2.05. The van der Waals surface area contributed by atoms with Crippen molar-refractivity contribution in [2.24, 2.45) is 5.92 Å². The van der Waals surface area contributed by atoms with Crippen molar-refractivity contribution in [2.75, 3.05) is 0 Å². The average Bonchev–Trinajstić information content (AvgIpc) is 1.65. The maximum absolute atomic E-state index is 5.15. The lowest BCUT2D eigenvalue weighted by atomic mass is 10.1. The average molecular weight is 116 g/mol. The molecule has 1 nitrogen and oxygen atoms in total. The quantitative estimate of drug-likeness (QED) is 0.480. The Labute approximate surface area is 53.8 Å². The SMILES string of the molecule is CC(C)C(C)[O][AlH2]. The van der Waals surface area contributed by atoms with Gasteiger partial charge in [0.2, 0.25) is 0 Å². The topological polar surface area (TPSA) is 9.23 Å². The summed E-state index contributed by atoms with van der Waals surface area (Å²) < 4.78 is 5.15. The second-order valence-corrected chi connectivity index (χ2v) is 2.66. The summed E-state index contributed by atoms with van der Waals surface area (Å²) in [6.45, 7) is 6.45. The van der Waals surface area contributed by atoms with Gasteiger partial charge in [-0.1, -0.05) is 13.8 Å². The van der Waals surface area contributed by atoms with Crippen molar-refractivity contribution in [3.05, 3.63) is 0 Å². The summed E-state index contributed by atoms with van der Waals surface area (Å²) in [7, 11) is 0. The fourth-order valence-electron chi connectivity index (χ4n) is 0.272. The first-order chi connectivity index (χ1) is 3.18. The molecule has 0 heterocycles. The van der Waals surface area contributed by atoms with Gasteiger partial charge < -0.3 is 3.79 Å². The van der Waals surface area contributed by atoms with Gasteiger partial charge in [-0.3, -0.25) is 0 Å². The predicted octanol–water partition coefficient (Wildman–Crippen LogP) is 0.596. The molecule has 7 heavy (non-hydrogen) atoms. The minimum atomic E-state index is 0.465. The fraction of sp³-hybridized carbons (Fsp3) is 1.00. The normalized spacial score (nSPS) is 14.9. The van der Waals surface area contributed by atoms with Crippen molar-refractivity contribution in [2.45, 2.75) is 26.9 Å². The van der Waals surface area contributed by atoms with Crippen LogP contribution in [0, 0.1) is 5.92 Å². The van der Waals surface area contributed by atoms with E-state index in [1.54, 1.807) is 0 Å². The van der Waals surface area contributed by atoms with Crippen LogP contribution in [0.4, 0.5) is 0 Å². The lowest BCUT2D eigenvalue weighted by molar-refractivity contribution is 0.187. The second kappa shape index (κ2) is 3.49. The molecule has 0 aliphatic rings. The van der Waals surface area contributed by atoms with Crippen LogP contribution in [0.25, 0.3) is 0 Å². The van der Waals surface area contributed by atoms with E-state index in [1.807, 2.05) is 0 Å². The molecular weight excluding hydrogens is 103 g/mol. The second-order valence-electron chi connectivity index (χ2n) is 2.18. The zero-order chi connectivity index (χ0) is 5.86. The molecule has 0 rings (SSSR count). The van der Waals surface area contributed by atoms with Crippen LogP contribution in [-0.2, 0) is 3.79 Å². The molecule has 0 bridgehead atoms. The lowest BCUT2D eigenvalue weighted by Crippen LogP contribution is -2.12. The summed E-state index contributed by atoms with van der Waals surface area (Å²) in [5.74, 6) is 0.678. The molecule has 1 unspecified atom stereocenters. The van der Waals surface area contributed by atoms with Crippen LogP contribution in [0.5, 0.6) is 0 Å². The van der Waals surface area contributed by atoms with Gasteiger partial charge in [0, 0.05) is 6.10 Å². The van der Waals surface area contributed by atoms with Gasteiger partial charge in [-0.15, -0.1) is 0 Å². The van der Waals surface area contributed by atoms with Crippen LogP contribution in [0.1, 0.15) is 20.8 Å². The van der Waals surface area contributed by atoms with Crippen molar-refractivity contribution < 1.29 is 3.79 Å². The Morgan fingerprint density at radius 3 is 1.71 bits per heavy atom. The van der Waals surface area contributed by atoms with E-state index >= 15 is 0 Å². The van der Waals surface area contributed by atoms with Crippen molar-refractivity contribution in [1.29, 1.82) is 0 Å². The maximum atomic E-state index is 5.15. The van der Waals surface area contributed by atoms with Crippen LogP contribution in [0.15, 0.2) is 0 Å². The third kappa shape index (κ3) is 3.11. The van der Waals surface area contributed by atoms with Gasteiger partial charge in [-0.05, 0) is 12.8 Å². The molecule has 0 N–H and O–H groups in total. The van der Waals surface area contributed by atoms with E-state index in [2.05, 4.69) is 20.8 Å². The molecule has 0 amide bonds. The molecule has 0 aromatic heterocycles. The van der Waals surface area contributed by atoms with E-state index in [0.29, 0.717) is 12.0 Å². The number of rotatable bonds is 2. The molecule has 0 aliphatic carbocycles. The Kier molecular flexibility index (Phi) is 3.73. The molecule has 0 saturated heterocycles. The Bertz CT molecular complexity index is 45.3. The fourth-order valence-corrected chi connectivity index (χ4v) is 0.816. The summed E-state index contributed by atoms with van der Waals surface area (Å²) in [4.78, 5) is 0. The molecule has 42 valence electrons. The highest BCUT2D eigenvalue weighted by atomic mass is 27.1. The molecule has 0 spiro atoms. The molecule has 1 atom stereocenters. The zero-order valence-electron chi connectivity index (χ0n) is 5.56. The highest BCUT2D eigenvalue weighted by Crippen LogP contribution is 2.01. The molecule has 2 heteroatoms. The third-order valence-electron chi connectivity index (χ3n) is 1.31. The highest BCUT2D eigenvalue weighted by molar-refractivity contribution is 5.98. The molecule has 0 saturated carbocycles. The smallest absolute Gasteiger partial charge is 0.410 e. The first-order valence-corrected chi connectivity index (χ1v) is 3.53. The van der Waals surface area contributed by atoms with Crippen molar-refractivity contribution in [3.8, 4) is 0 Å². The van der Waals surface area contributed by atoms with Gasteiger partial charge in [0.05, 0.1) is 0 Å². The molecule has 0 aliphatic heterocycles. The lowest BCUT2D eigenvalue weighted by Gasteiger charge is -2.13. The van der Waals surface area contributed by atoms with Crippen LogP contribution in [0.2, 0.25) is 0 Å². The summed E-state index contributed by atoms with van der Waals surface area (Å²) in [6, 6.07) is 0. The van der Waals surface area contributed by atoms with E-state index in [1.165, 1.54) is 0 Å². The molecule has 0 fully saturated rings. The molecule has 0 aromatic carbocycles. The largest absolute Gasteiger partial charge is 0.504 e. The Morgan fingerprint density at radius 2 is 1.71 bits per heavy atom. The highest BCUT2D eigenvalue weighted by Gasteiger charge is 2.00. The van der Waals surface area contributed by atoms with Gasteiger partial charge in [0.25, 0.3) is 0 Å².